The number of nitrogens with zero attached hydrogens (tertiary/aromatic N) is 2. The van der Waals surface area contributed by atoms with E-state index in [1.54, 1.807) is 0 Å². The predicted octanol–water partition coefficient (Wildman–Crippen LogP) is 1.59. The molecule has 0 saturated heterocycles. The van der Waals surface area contributed by atoms with Crippen LogP contribution in [0.3, 0.4) is 0 Å². The molecule has 1 unspecified atom stereocenters. The molecule has 0 spiro atoms. The Labute approximate surface area is 82.2 Å². The van der Waals surface area contributed by atoms with E-state index in [-0.39, 0.29) is 11.1 Å². The molecular formula is C8H24N2S2. The second-order valence-corrected chi connectivity index (χ2v) is 10.8. The second kappa shape index (κ2) is 4.74. The molecule has 0 bridgehead atoms. The van der Waals surface area contributed by atoms with Crippen LogP contribution in [0.25, 0.3) is 0 Å². The van der Waals surface area contributed by atoms with Gasteiger partial charge in [-0.05, 0) is 47.0 Å². The van der Waals surface area contributed by atoms with Gasteiger partial charge in [-0.25, -0.2) is 0 Å². The highest BCUT2D eigenvalue weighted by Crippen LogP contribution is 2.49. The molecule has 12 heavy (non-hydrogen) atoms. The Hall–Kier alpha value is 0.620. The quantitative estimate of drug-likeness (QED) is 0.707. The lowest BCUT2D eigenvalue weighted by atomic mass is 11.3. The van der Waals surface area contributed by atoms with Gasteiger partial charge >= 0.3 is 0 Å². The molecule has 2 nitrogen and oxygen atoms in total. The molecule has 0 aliphatic carbocycles. The first kappa shape index (κ1) is 12.6. The number of hydrogen-bond donors (Lipinski definition) is 1. The fourth-order valence-electron chi connectivity index (χ4n) is 0.688. The number of hydrogen-bond acceptors (Lipinski definition) is 2. The molecule has 0 rings (SSSR count). The number of thiol groups is 1. The Bertz CT molecular complexity index is 135. The van der Waals surface area contributed by atoms with Crippen molar-refractivity contribution in [1.82, 2.24) is 8.61 Å². The van der Waals surface area contributed by atoms with Gasteiger partial charge in [0.1, 0.15) is 0 Å². The van der Waals surface area contributed by atoms with Crippen LogP contribution in [0.15, 0.2) is 0 Å². The van der Waals surface area contributed by atoms with Crippen LogP contribution in [0.4, 0.5) is 0 Å². The zero-order valence-electron chi connectivity index (χ0n) is 9.46. The Morgan fingerprint density at radius 3 is 1.75 bits per heavy atom. The highest BCUT2D eigenvalue weighted by Gasteiger charge is 2.16. The highest BCUT2D eigenvalue weighted by molar-refractivity contribution is 8.40. The minimum atomic E-state index is -0.522. The normalized spacial score (nSPS) is 18.6. The summed E-state index contributed by atoms with van der Waals surface area (Å²) in [5.74, 6) is 0. The summed E-state index contributed by atoms with van der Waals surface area (Å²) in [4.78, 5) is 0. The van der Waals surface area contributed by atoms with Gasteiger partial charge in [-0.1, -0.05) is 0 Å². The van der Waals surface area contributed by atoms with Gasteiger partial charge in [0.15, 0.2) is 0 Å². The molecule has 0 aromatic rings. The minimum Gasteiger partial charge on any atom is -0.276 e. The van der Waals surface area contributed by atoms with Gasteiger partial charge in [-0.2, -0.15) is 21.3 Å². The maximum Gasteiger partial charge on any atom is 0.0277 e. The zero-order valence-corrected chi connectivity index (χ0v) is 11.2. The van der Waals surface area contributed by atoms with Crippen LogP contribution < -0.4 is 0 Å². The minimum absolute atomic E-state index is 0.0687. The maximum absolute atomic E-state index is 2.38. The lowest BCUT2D eigenvalue weighted by Crippen LogP contribution is -2.23. The first-order valence-corrected chi connectivity index (χ1v) is 8.54. The summed E-state index contributed by atoms with van der Waals surface area (Å²) >= 11 is 0.0687. The van der Waals surface area contributed by atoms with E-state index in [1.807, 2.05) is 0 Å². The fraction of sp³-hybridized carbons (Fsp3) is 1.00. The van der Waals surface area contributed by atoms with Crippen molar-refractivity contribution in [2.75, 3.05) is 52.0 Å². The van der Waals surface area contributed by atoms with E-state index in [4.69, 9.17) is 0 Å². The molecule has 0 aromatic carbocycles. The van der Waals surface area contributed by atoms with E-state index in [2.05, 4.69) is 55.6 Å². The van der Waals surface area contributed by atoms with Crippen LogP contribution >= 0.6 is 21.3 Å². The molecule has 0 N–H and O–H groups in total. The van der Waals surface area contributed by atoms with Gasteiger partial charge in [0.25, 0.3) is 0 Å². The molecule has 0 aromatic heterocycles. The first-order chi connectivity index (χ1) is 5.27. The topological polar surface area (TPSA) is 6.48 Å². The maximum atomic E-state index is 2.38. The fourth-order valence-corrected chi connectivity index (χ4v) is 6.19. The van der Waals surface area contributed by atoms with Crippen molar-refractivity contribution in [3.8, 4) is 0 Å². The Kier molecular flexibility index (Phi) is 4.99. The van der Waals surface area contributed by atoms with Gasteiger partial charge < -0.3 is 0 Å². The summed E-state index contributed by atoms with van der Waals surface area (Å²) in [6.07, 6.45) is 7.12. The summed E-state index contributed by atoms with van der Waals surface area (Å²) in [5, 5.41) is 1.35. The molecule has 0 aliphatic rings. The molecule has 0 heterocycles. The van der Waals surface area contributed by atoms with Crippen LogP contribution in [0.1, 0.15) is 0 Å². The lowest BCUT2D eigenvalue weighted by Gasteiger charge is -2.43. The SMILES string of the molecule is CN(C)[SH](C)CS(C)(C)N(C)C. The summed E-state index contributed by atoms with van der Waals surface area (Å²) in [6.45, 7) is 0. The predicted molar refractivity (Wildman–Crippen MR) is 66.6 cm³/mol. The molecular weight excluding hydrogens is 188 g/mol. The van der Waals surface area contributed by atoms with E-state index in [0.29, 0.717) is 0 Å². The van der Waals surface area contributed by atoms with Crippen LogP contribution in [0.2, 0.25) is 0 Å². The summed E-state index contributed by atoms with van der Waals surface area (Å²) in [5.41, 5.74) is 0. The molecule has 0 saturated carbocycles. The molecule has 0 fully saturated rings. The van der Waals surface area contributed by atoms with Crippen LogP contribution in [-0.2, 0) is 0 Å². The van der Waals surface area contributed by atoms with Crippen molar-refractivity contribution < 1.29 is 0 Å². The molecule has 78 valence electrons. The standard InChI is InChI=1S/C8H24N2S2/c1-9(2)11(5)8-12(6,7)10(3)4/h11H,8H2,1-7H3. The largest absolute Gasteiger partial charge is 0.276 e. The smallest absolute Gasteiger partial charge is 0.0277 e. The molecule has 0 radical (unpaired) electrons. The monoisotopic (exact) mass is 212 g/mol. The van der Waals surface area contributed by atoms with Gasteiger partial charge in [0, 0.05) is 5.08 Å². The average molecular weight is 212 g/mol. The Morgan fingerprint density at radius 2 is 1.50 bits per heavy atom. The van der Waals surface area contributed by atoms with Gasteiger partial charge in [0.05, 0.1) is 0 Å². The third-order valence-electron chi connectivity index (χ3n) is 2.17. The molecule has 1 atom stereocenters. The van der Waals surface area contributed by atoms with Gasteiger partial charge in [-0.15, -0.1) is 0 Å². The van der Waals surface area contributed by atoms with E-state index < -0.39 is 10.2 Å². The highest BCUT2D eigenvalue weighted by atomic mass is 32.3. The lowest BCUT2D eigenvalue weighted by molar-refractivity contribution is 0.681. The van der Waals surface area contributed by atoms with Crippen molar-refractivity contribution in [1.29, 1.82) is 0 Å². The van der Waals surface area contributed by atoms with Crippen LogP contribution in [0, 0.1) is 0 Å². The summed E-state index contributed by atoms with van der Waals surface area (Å²) < 4.78 is 4.74. The van der Waals surface area contributed by atoms with Crippen LogP contribution in [-0.4, -0.2) is 60.7 Å². The summed E-state index contributed by atoms with van der Waals surface area (Å²) in [7, 11) is 8.21. The second-order valence-electron chi connectivity index (χ2n) is 3.93. The van der Waals surface area contributed by atoms with Gasteiger partial charge in [0.2, 0.25) is 0 Å². The average Bonchev–Trinajstić information content (AvgIpc) is 1.85. The van der Waals surface area contributed by atoms with Crippen molar-refractivity contribution in [3.63, 3.8) is 0 Å². The third-order valence-corrected chi connectivity index (χ3v) is 9.54. The third kappa shape index (κ3) is 4.03. The Balaban J connectivity index is 4.05. The van der Waals surface area contributed by atoms with E-state index in [9.17, 15) is 0 Å². The Morgan fingerprint density at radius 1 is 1.08 bits per heavy atom. The van der Waals surface area contributed by atoms with Crippen molar-refractivity contribution in [3.05, 3.63) is 0 Å². The first-order valence-electron chi connectivity index (χ1n) is 4.04. The molecule has 0 amide bonds. The van der Waals surface area contributed by atoms with Crippen molar-refractivity contribution in [2.45, 2.75) is 0 Å². The van der Waals surface area contributed by atoms with Crippen LogP contribution in [0.5, 0.6) is 0 Å². The number of rotatable bonds is 4. The summed E-state index contributed by atoms with van der Waals surface area (Å²) in [6, 6.07) is 0. The van der Waals surface area contributed by atoms with E-state index in [1.165, 1.54) is 5.08 Å². The van der Waals surface area contributed by atoms with E-state index >= 15 is 0 Å². The van der Waals surface area contributed by atoms with E-state index in [0.717, 1.165) is 0 Å². The van der Waals surface area contributed by atoms with Crippen molar-refractivity contribution >= 4 is 21.3 Å². The zero-order chi connectivity index (χ0) is 9.94. The molecule has 0 aliphatic heterocycles. The van der Waals surface area contributed by atoms with Gasteiger partial charge in [-0.3, -0.25) is 8.61 Å². The molecule has 4 heteroatoms. The van der Waals surface area contributed by atoms with Crippen molar-refractivity contribution in [2.24, 2.45) is 0 Å².